The standard InChI is InChI=1S/C18H10Cl4N2OS/c19-12-4-1-10(7-14(12)21)2-6-17(25)24-18-23-16(9-26-18)11-3-5-13(20)15(22)8-11/h1-9H,(H,23,24,25). The van der Waals surface area contributed by atoms with Crippen LogP contribution in [0.25, 0.3) is 17.3 Å². The Bertz CT molecular complexity index is 1000. The Morgan fingerprint density at radius 3 is 2.35 bits per heavy atom. The zero-order chi connectivity index (χ0) is 18.7. The van der Waals surface area contributed by atoms with Crippen LogP contribution in [-0.4, -0.2) is 10.9 Å². The molecule has 1 N–H and O–H groups in total. The Kier molecular flexibility index (Phi) is 6.22. The van der Waals surface area contributed by atoms with Crippen molar-refractivity contribution in [3.63, 3.8) is 0 Å². The third kappa shape index (κ3) is 4.78. The molecule has 3 aromatic rings. The fourth-order valence-corrected chi connectivity index (χ4v) is 3.38. The largest absolute Gasteiger partial charge is 0.298 e. The van der Waals surface area contributed by atoms with Crippen molar-refractivity contribution in [1.82, 2.24) is 4.98 Å². The average Bonchev–Trinajstić information content (AvgIpc) is 3.07. The highest BCUT2D eigenvalue weighted by Gasteiger charge is 2.08. The summed E-state index contributed by atoms with van der Waals surface area (Å²) in [5.74, 6) is -0.300. The molecule has 3 nitrogen and oxygen atoms in total. The second kappa shape index (κ2) is 8.42. The van der Waals surface area contributed by atoms with Crippen LogP contribution in [0.15, 0.2) is 47.9 Å². The van der Waals surface area contributed by atoms with E-state index in [2.05, 4.69) is 10.3 Å². The van der Waals surface area contributed by atoms with Gasteiger partial charge in [-0.05, 0) is 35.9 Å². The van der Waals surface area contributed by atoms with Gasteiger partial charge in [-0.2, -0.15) is 0 Å². The SMILES string of the molecule is O=C(C=Cc1ccc(Cl)c(Cl)c1)Nc1nc(-c2ccc(Cl)c(Cl)c2)cs1. The number of hydrogen-bond acceptors (Lipinski definition) is 3. The van der Waals surface area contributed by atoms with E-state index >= 15 is 0 Å². The van der Waals surface area contributed by atoms with E-state index in [4.69, 9.17) is 46.4 Å². The Morgan fingerprint density at radius 1 is 0.962 bits per heavy atom. The van der Waals surface area contributed by atoms with Crippen LogP contribution in [0.5, 0.6) is 0 Å². The molecular formula is C18H10Cl4N2OS. The fourth-order valence-electron chi connectivity index (χ4n) is 2.05. The Hall–Kier alpha value is -1.56. The number of nitrogens with zero attached hydrogens (tertiary/aromatic N) is 1. The van der Waals surface area contributed by atoms with Crippen molar-refractivity contribution in [2.45, 2.75) is 0 Å². The molecule has 1 amide bonds. The van der Waals surface area contributed by atoms with E-state index in [1.54, 1.807) is 36.4 Å². The lowest BCUT2D eigenvalue weighted by atomic mass is 10.2. The lowest BCUT2D eigenvalue weighted by molar-refractivity contribution is -0.111. The molecule has 132 valence electrons. The number of hydrogen-bond donors (Lipinski definition) is 1. The zero-order valence-electron chi connectivity index (χ0n) is 13.0. The number of amides is 1. The minimum atomic E-state index is -0.300. The van der Waals surface area contributed by atoms with Crippen molar-refractivity contribution in [2.24, 2.45) is 0 Å². The van der Waals surface area contributed by atoms with Crippen LogP contribution in [0.4, 0.5) is 5.13 Å². The number of anilines is 1. The number of rotatable bonds is 4. The van der Waals surface area contributed by atoms with Crippen molar-refractivity contribution in [3.8, 4) is 11.3 Å². The maximum Gasteiger partial charge on any atom is 0.250 e. The number of benzene rings is 2. The maximum atomic E-state index is 12.1. The fraction of sp³-hybridized carbons (Fsp3) is 0. The summed E-state index contributed by atoms with van der Waals surface area (Å²) in [5, 5.41) is 6.85. The van der Waals surface area contributed by atoms with Crippen LogP contribution in [-0.2, 0) is 4.79 Å². The quantitative estimate of drug-likeness (QED) is 0.437. The number of carbonyl (C=O) groups is 1. The van der Waals surface area contributed by atoms with E-state index in [0.29, 0.717) is 30.9 Å². The van der Waals surface area contributed by atoms with Crippen molar-refractivity contribution in [2.75, 3.05) is 5.32 Å². The summed E-state index contributed by atoms with van der Waals surface area (Å²) in [7, 11) is 0. The van der Waals surface area contributed by atoms with E-state index in [1.165, 1.54) is 17.4 Å². The number of halogens is 4. The first-order chi connectivity index (χ1) is 12.4. The Morgan fingerprint density at radius 2 is 1.65 bits per heavy atom. The van der Waals surface area contributed by atoms with Gasteiger partial charge in [0.2, 0.25) is 5.91 Å². The minimum Gasteiger partial charge on any atom is -0.298 e. The summed E-state index contributed by atoms with van der Waals surface area (Å²) in [6, 6.07) is 10.4. The first kappa shape index (κ1) is 19.2. The molecular weight excluding hydrogens is 434 g/mol. The number of nitrogens with one attached hydrogen (secondary N) is 1. The second-order valence-corrected chi connectivity index (χ2v) is 7.65. The number of carbonyl (C=O) groups excluding carboxylic acids is 1. The highest BCUT2D eigenvalue weighted by atomic mass is 35.5. The van der Waals surface area contributed by atoms with Gasteiger partial charge < -0.3 is 0 Å². The summed E-state index contributed by atoms with van der Waals surface area (Å²) < 4.78 is 0. The molecule has 0 aliphatic rings. The van der Waals surface area contributed by atoms with Crippen LogP contribution in [0.2, 0.25) is 20.1 Å². The molecule has 0 saturated heterocycles. The van der Waals surface area contributed by atoms with Gasteiger partial charge in [-0.15, -0.1) is 11.3 Å². The molecule has 0 radical (unpaired) electrons. The summed E-state index contributed by atoms with van der Waals surface area (Å²) in [6.45, 7) is 0. The molecule has 0 aliphatic carbocycles. The van der Waals surface area contributed by atoms with Crippen LogP contribution < -0.4 is 5.32 Å². The van der Waals surface area contributed by atoms with Crippen molar-refractivity contribution < 1.29 is 4.79 Å². The van der Waals surface area contributed by atoms with Crippen LogP contribution in [0, 0.1) is 0 Å². The van der Waals surface area contributed by atoms with Crippen molar-refractivity contribution in [1.29, 1.82) is 0 Å². The van der Waals surface area contributed by atoms with Gasteiger partial charge in [-0.1, -0.05) is 58.5 Å². The smallest absolute Gasteiger partial charge is 0.250 e. The van der Waals surface area contributed by atoms with Gasteiger partial charge in [0.1, 0.15) is 0 Å². The lowest BCUT2D eigenvalue weighted by Gasteiger charge is -2.00. The van der Waals surface area contributed by atoms with Gasteiger partial charge in [-0.25, -0.2) is 4.98 Å². The molecule has 0 unspecified atom stereocenters. The highest BCUT2D eigenvalue weighted by molar-refractivity contribution is 7.14. The third-order valence-electron chi connectivity index (χ3n) is 3.32. The third-order valence-corrected chi connectivity index (χ3v) is 5.56. The molecule has 0 atom stereocenters. The second-order valence-electron chi connectivity index (χ2n) is 5.16. The van der Waals surface area contributed by atoms with E-state index in [1.807, 2.05) is 11.4 Å². The summed E-state index contributed by atoms with van der Waals surface area (Å²) in [4.78, 5) is 16.4. The van der Waals surface area contributed by atoms with E-state index in [-0.39, 0.29) is 5.91 Å². The van der Waals surface area contributed by atoms with E-state index in [9.17, 15) is 4.79 Å². The van der Waals surface area contributed by atoms with Gasteiger partial charge in [0.25, 0.3) is 0 Å². The molecule has 0 bridgehead atoms. The molecule has 26 heavy (non-hydrogen) atoms. The molecule has 2 aromatic carbocycles. The monoisotopic (exact) mass is 442 g/mol. The topological polar surface area (TPSA) is 42.0 Å². The van der Waals surface area contributed by atoms with Crippen molar-refractivity contribution in [3.05, 3.63) is 73.5 Å². The highest BCUT2D eigenvalue weighted by Crippen LogP contribution is 2.30. The lowest BCUT2D eigenvalue weighted by Crippen LogP contribution is -2.07. The molecule has 0 spiro atoms. The molecule has 3 rings (SSSR count). The van der Waals surface area contributed by atoms with E-state index < -0.39 is 0 Å². The van der Waals surface area contributed by atoms with Crippen LogP contribution in [0.3, 0.4) is 0 Å². The number of thiazole rings is 1. The van der Waals surface area contributed by atoms with Crippen LogP contribution in [0.1, 0.15) is 5.56 Å². The van der Waals surface area contributed by atoms with Gasteiger partial charge in [0.15, 0.2) is 5.13 Å². The molecule has 0 fully saturated rings. The van der Waals surface area contributed by atoms with Gasteiger partial charge in [0.05, 0.1) is 25.8 Å². The van der Waals surface area contributed by atoms with Crippen LogP contribution >= 0.6 is 57.7 Å². The van der Waals surface area contributed by atoms with E-state index in [0.717, 1.165) is 11.1 Å². The first-order valence-electron chi connectivity index (χ1n) is 7.27. The minimum absolute atomic E-state index is 0.300. The molecule has 1 heterocycles. The predicted molar refractivity (Wildman–Crippen MR) is 112 cm³/mol. The molecule has 0 aliphatic heterocycles. The number of aromatic nitrogens is 1. The molecule has 1 aromatic heterocycles. The summed E-state index contributed by atoms with van der Waals surface area (Å²) >= 11 is 25.1. The first-order valence-corrected chi connectivity index (χ1v) is 9.66. The normalized spacial score (nSPS) is 11.1. The van der Waals surface area contributed by atoms with Gasteiger partial charge in [-0.3, -0.25) is 10.1 Å². The molecule has 8 heteroatoms. The summed E-state index contributed by atoms with van der Waals surface area (Å²) in [5.41, 5.74) is 2.30. The zero-order valence-corrected chi connectivity index (χ0v) is 16.8. The molecule has 0 saturated carbocycles. The van der Waals surface area contributed by atoms with Crippen molar-refractivity contribution >= 4 is 74.9 Å². The maximum absolute atomic E-state index is 12.1. The Labute approximate surface area is 174 Å². The van der Waals surface area contributed by atoms with Gasteiger partial charge in [0, 0.05) is 17.0 Å². The summed E-state index contributed by atoms with van der Waals surface area (Å²) in [6.07, 6.45) is 3.05. The average molecular weight is 444 g/mol. The predicted octanol–water partition coefficient (Wildman–Crippen LogP) is 7.08. The van der Waals surface area contributed by atoms with Gasteiger partial charge >= 0.3 is 0 Å². The Balaban J connectivity index is 1.68.